The van der Waals surface area contributed by atoms with Gasteiger partial charge in [0, 0.05) is 27.6 Å². The van der Waals surface area contributed by atoms with Crippen molar-refractivity contribution >= 4 is 39.3 Å². The fraction of sp³-hybridized carbons (Fsp3) is 0.364. The molecular weight excluding hydrogens is 459 g/mol. The van der Waals surface area contributed by atoms with Gasteiger partial charge in [-0.15, -0.1) is 0 Å². The van der Waals surface area contributed by atoms with Gasteiger partial charge < -0.3 is 10.2 Å². The van der Waals surface area contributed by atoms with Crippen LogP contribution in [-0.2, 0) is 22.6 Å². The number of halogens is 3. The molecule has 4 nitrogen and oxygen atoms in total. The van der Waals surface area contributed by atoms with E-state index in [-0.39, 0.29) is 41.4 Å². The van der Waals surface area contributed by atoms with Crippen molar-refractivity contribution in [1.82, 2.24) is 10.2 Å². The summed E-state index contributed by atoms with van der Waals surface area (Å²) in [6, 6.07) is 11.1. The largest absolute Gasteiger partial charge is 0.352 e. The Morgan fingerprint density at radius 2 is 1.83 bits per heavy atom. The van der Waals surface area contributed by atoms with Gasteiger partial charge in [-0.05, 0) is 50.1 Å². The molecule has 0 aliphatic carbocycles. The molecule has 0 fully saturated rings. The zero-order valence-corrected chi connectivity index (χ0v) is 19.1. The zero-order valence-electron chi connectivity index (χ0n) is 16.7. The number of nitrogens with zero attached hydrogens (tertiary/aromatic N) is 1. The second-order valence-electron chi connectivity index (χ2n) is 7.02. The molecule has 156 valence electrons. The molecule has 2 aromatic carbocycles. The van der Waals surface area contributed by atoms with Gasteiger partial charge in [0.1, 0.15) is 11.9 Å². The molecular formula is C22H25BrClFN2O2. The van der Waals surface area contributed by atoms with Gasteiger partial charge in [-0.2, -0.15) is 0 Å². The van der Waals surface area contributed by atoms with Gasteiger partial charge in [0.2, 0.25) is 11.8 Å². The quantitative estimate of drug-likeness (QED) is 0.567. The Morgan fingerprint density at radius 3 is 2.41 bits per heavy atom. The predicted molar refractivity (Wildman–Crippen MR) is 117 cm³/mol. The zero-order chi connectivity index (χ0) is 21.6. The van der Waals surface area contributed by atoms with E-state index in [4.69, 9.17) is 11.6 Å². The van der Waals surface area contributed by atoms with Gasteiger partial charge in [-0.1, -0.05) is 52.7 Å². The number of hydrogen-bond acceptors (Lipinski definition) is 2. The average Bonchev–Trinajstić information content (AvgIpc) is 2.69. The number of hydrogen-bond donors (Lipinski definition) is 1. The molecule has 0 unspecified atom stereocenters. The highest BCUT2D eigenvalue weighted by Crippen LogP contribution is 2.22. The van der Waals surface area contributed by atoms with Crippen LogP contribution in [0, 0.1) is 5.82 Å². The maximum absolute atomic E-state index is 14.2. The Labute approximate surface area is 184 Å². The summed E-state index contributed by atoms with van der Waals surface area (Å²) >= 11 is 9.48. The Hall–Kier alpha value is -1.92. The third-order valence-corrected chi connectivity index (χ3v) is 5.71. The minimum absolute atomic E-state index is 0.00408. The van der Waals surface area contributed by atoms with E-state index in [9.17, 15) is 14.0 Å². The lowest BCUT2D eigenvalue weighted by molar-refractivity contribution is -0.140. The van der Waals surface area contributed by atoms with Crippen LogP contribution in [0.5, 0.6) is 0 Å². The summed E-state index contributed by atoms with van der Waals surface area (Å²) in [7, 11) is 0. The molecule has 2 rings (SSSR count). The van der Waals surface area contributed by atoms with Crippen LogP contribution in [0.4, 0.5) is 4.39 Å². The maximum atomic E-state index is 14.2. The topological polar surface area (TPSA) is 49.4 Å². The third kappa shape index (κ3) is 6.54. The van der Waals surface area contributed by atoms with Gasteiger partial charge in [0.05, 0.1) is 6.42 Å². The van der Waals surface area contributed by atoms with Crippen molar-refractivity contribution in [2.45, 2.75) is 52.2 Å². The van der Waals surface area contributed by atoms with Gasteiger partial charge in [-0.25, -0.2) is 4.39 Å². The Kier molecular flexibility index (Phi) is 8.65. The van der Waals surface area contributed by atoms with Gasteiger partial charge in [0.25, 0.3) is 0 Å². The predicted octanol–water partition coefficient (Wildman–Crippen LogP) is 5.12. The molecule has 7 heteroatoms. The number of amides is 2. The first-order chi connectivity index (χ1) is 13.7. The van der Waals surface area contributed by atoms with Crippen molar-refractivity contribution in [3.05, 3.63) is 68.9 Å². The molecule has 0 saturated heterocycles. The van der Waals surface area contributed by atoms with Crippen LogP contribution in [0.3, 0.4) is 0 Å². The van der Waals surface area contributed by atoms with Crippen molar-refractivity contribution < 1.29 is 14.0 Å². The van der Waals surface area contributed by atoms with Gasteiger partial charge in [0.15, 0.2) is 0 Å². The molecule has 2 aromatic rings. The van der Waals surface area contributed by atoms with Crippen LogP contribution in [0.1, 0.15) is 38.3 Å². The molecule has 0 bridgehead atoms. The minimum atomic E-state index is -0.717. The summed E-state index contributed by atoms with van der Waals surface area (Å²) in [4.78, 5) is 27.2. The molecule has 0 spiro atoms. The van der Waals surface area contributed by atoms with Crippen molar-refractivity contribution in [2.24, 2.45) is 0 Å². The van der Waals surface area contributed by atoms with Crippen molar-refractivity contribution in [1.29, 1.82) is 0 Å². The van der Waals surface area contributed by atoms with E-state index in [2.05, 4.69) is 21.2 Å². The molecule has 0 aromatic heterocycles. The summed E-state index contributed by atoms with van der Waals surface area (Å²) in [6.45, 7) is 5.79. The van der Waals surface area contributed by atoms with E-state index in [1.807, 2.05) is 38.1 Å². The highest BCUT2D eigenvalue weighted by atomic mass is 79.9. The Morgan fingerprint density at radius 1 is 1.17 bits per heavy atom. The van der Waals surface area contributed by atoms with Gasteiger partial charge in [-0.3, -0.25) is 9.59 Å². The Balaban J connectivity index is 2.28. The Bertz CT molecular complexity index is 840. The monoisotopic (exact) mass is 482 g/mol. The lowest BCUT2D eigenvalue weighted by Gasteiger charge is -2.30. The summed E-state index contributed by atoms with van der Waals surface area (Å²) in [5.74, 6) is -1.15. The average molecular weight is 484 g/mol. The summed E-state index contributed by atoms with van der Waals surface area (Å²) < 4.78 is 15.1. The molecule has 2 amide bonds. The molecule has 0 radical (unpaired) electrons. The van der Waals surface area contributed by atoms with E-state index >= 15 is 0 Å². The SMILES string of the molecule is CC[C@@H](C)NC(=O)[C@@H](C)N(Cc1ccc(Br)cc1)C(=O)Cc1c(F)cccc1Cl. The standard InChI is InChI=1S/C22H25BrClFN2O2/c1-4-14(2)26-22(29)15(3)27(13-16-8-10-17(23)11-9-16)21(28)12-18-19(24)6-5-7-20(18)25/h5-11,14-15H,4,12-13H2,1-3H3,(H,26,29)/t14-,15-/m1/s1. The molecule has 1 N–H and O–H groups in total. The summed E-state index contributed by atoms with van der Waals surface area (Å²) in [5, 5.41) is 3.10. The maximum Gasteiger partial charge on any atom is 0.242 e. The van der Waals surface area contributed by atoms with Crippen molar-refractivity contribution in [3.8, 4) is 0 Å². The second kappa shape index (κ2) is 10.7. The van der Waals surface area contributed by atoms with E-state index in [1.54, 1.807) is 13.0 Å². The summed E-state index contributed by atoms with van der Waals surface area (Å²) in [6.07, 6.45) is 0.562. The minimum Gasteiger partial charge on any atom is -0.352 e. The number of benzene rings is 2. The van der Waals surface area contributed by atoms with Crippen LogP contribution < -0.4 is 5.32 Å². The highest BCUT2D eigenvalue weighted by Gasteiger charge is 2.28. The third-order valence-electron chi connectivity index (χ3n) is 4.82. The fourth-order valence-electron chi connectivity index (χ4n) is 2.79. The molecule has 0 aliphatic heterocycles. The molecule has 0 aliphatic rings. The number of nitrogens with one attached hydrogen (secondary N) is 1. The molecule has 0 saturated carbocycles. The van der Waals surface area contributed by atoms with E-state index < -0.39 is 11.9 Å². The van der Waals surface area contributed by atoms with E-state index in [1.165, 1.54) is 17.0 Å². The van der Waals surface area contributed by atoms with E-state index in [0.29, 0.717) is 0 Å². The molecule has 0 heterocycles. The van der Waals surface area contributed by atoms with Crippen molar-refractivity contribution in [3.63, 3.8) is 0 Å². The van der Waals surface area contributed by atoms with Crippen LogP contribution >= 0.6 is 27.5 Å². The number of carbonyl (C=O) groups is 2. The second-order valence-corrected chi connectivity index (χ2v) is 8.34. The first-order valence-corrected chi connectivity index (χ1v) is 10.7. The van der Waals surface area contributed by atoms with Crippen LogP contribution in [0.15, 0.2) is 46.9 Å². The number of rotatable bonds is 8. The van der Waals surface area contributed by atoms with Crippen LogP contribution in [0.2, 0.25) is 5.02 Å². The fourth-order valence-corrected chi connectivity index (χ4v) is 3.28. The van der Waals surface area contributed by atoms with Crippen LogP contribution in [-0.4, -0.2) is 28.8 Å². The van der Waals surface area contributed by atoms with E-state index in [0.717, 1.165) is 16.5 Å². The first-order valence-electron chi connectivity index (χ1n) is 9.50. The van der Waals surface area contributed by atoms with Crippen molar-refractivity contribution in [2.75, 3.05) is 0 Å². The first kappa shape index (κ1) is 23.4. The highest BCUT2D eigenvalue weighted by molar-refractivity contribution is 9.10. The van der Waals surface area contributed by atoms with Crippen LogP contribution in [0.25, 0.3) is 0 Å². The smallest absolute Gasteiger partial charge is 0.242 e. The normalized spacial score (nSPS) is 12.9. The summed E-state index contributed by atoms with van der Waals surface area (Å²) in [5.41, 5.74) is 0.999. The lowest BCUT2D eigenvalue weighted by Crippen LogP contribution is -2.50. The molecule has 29 heavy (non-hydrogen) atoms. The van der Waals surface area contributed by atoms with Gasteiger partial charge >= 0.3 is 0 Å². The number of carbonyl (C=O) groups excluding carboxylic acids is 2. The molecule has 2 atom stereocenters. The lowest BCUT2D eigenvalue weighted by atomic mass is 10.1.